The number of rotatable bonds is 5. The zero-order valence-corrected chi connectivity index (χ0v) is 12.3. The number of carbonyl (C=O) groups is 1. The lowest BCUT2D eigenvalue weighted by atomic mass is 10.1. The topological polar surface area (TPSA) is 54.5 Å². The van der Waals surface area contributed by atoms with E-state index in [1.165, 1.54) is 25.2 Å². The van der Waals surface area contributed by atoms with Crippen LogP contribution < -0.4 is 5.43 Å². The molecular weight excluding hydrogens is 287 g/mol. The molecule has 0 aliphatic carbocycles. The number of nitrogens with zero attached hydrogens (tertiary/aromatic N) is 2. The minimum atomic E-state index is -4.41. The van der Waals surface area contributed by atoms with Crippen LogP contribution in [0.25, 0.3) is 0 Å². The van der Waals surface area contributed by atoms with Gasteiger partial charge in [0.25, 0.3) is 5.91 Å². The average Bonchev–Trinajstić information content (AvgIpc) is 2.43. The van der Waals surface area contributed by atoms with Crippen molar-refractivity contribution in [1.82, 2.24) is 15.4 Å². The van der Waals surface area contributed by atoms with Crippen LogP contribution in [0.2, 0.25) is 0 Å². The van der Waals surface area contributed by atoms with Crippen molar-refractivity contribution in [3.05, 3.63) is 29.6 Å². The number of methoxy groups -OCH3 is 1. The third kappa shape index (κ3) is 4.68. The quantitative estimate of drug-likeness (QED) is 0.845. The SMILES string of the molecule is COC(C)(C)C(=O)N(C)NCc1ccc(C(F)(F)F)cn1. The molecule has 0 bridgehead atoms. The van der Waals surface area contributed by atoms with Crippen LogP contribution in [-0.4, -0.2) is 35.7 Å². The van der Waals surface area contributed by atoms with Crippen LogP contribution in [-0.2, 0) is 22.3 Å². The fourth-order valence-electron chi connectivity index (χ4n) is 1.46. The van der Waals surface area contributed by atoms with Crippen molar-refractivity contribution in [3.63, 3.8) is 0 Å². The Hall–Kier alpha value is -1.67. The zero-order valence-electron chi connectivity index (χ0n) is 12.3. The fraction of sp³-hybridized carbons (Fsp3) is 0.538. The van der Waals surface area contributed by atoms with Crippen molar-refractivity contribution < 1.29 is 22.7 Å². The second-order valence-corrected chi connectivity index (χ2v) is 4.95. The van der Waals surface area contributed by atoms with Gasteiger partial charge in [-0.3, -0.25) is 14.8 Å². The van der Waals surface area contributed by atoms with Gasteiger partial charge in [-0.2, -0.15) is 13.2 Å². The van der Waals surface area contributed by atoms with Crippen LogP contribution >= 0.6 is 0 Å². The summed E-state index contributed by atoms with van der Waals surface area (Å²) in [5.41, 5.74) is 1.34. The number of hydrogen-bond acceptors (Lipinski definition) is 4. The molecule has 1 aromatic heterocycles. The Balaban J connectivity index is 2.62. The third-order valence-electron chi connectivity index (χ3n) is 2.98. The van der Waals surface area contributed by atoms with Crippen molar-refractivity contribution in [2.24, 2.45) is 0 Å². The summed E-state index contributed by atoms with van der Waals surface area (Å²) in [5.74, 6) is -0.308. The van der Waals surface area contributed by atoms with E-state index in [0.29, 0.717) is 5.69 Å². The molecule has 21 heavy (non-hydrogen) atoms. The van der Waals surface area contributed by atoms with Crippen LogP contribution in [0.1, 0.15) is 25.1 Å². The summed E-state index contributed by atoms with van der Waals surface area (Å²) in [6, 6.07) is 2.21. The van der Waals surface area contributed by atoms with Gasteiger partial charge in [-0.15, -0.1) is 0 Å². The van der Waals surface area contributed by atoms with E-state index in [1.54, 1.807) is 13.8 Å². The van der Waals surface area contributed by atoms with Gasteiger partial charge in [0.2, 0.25) is 0 Å². The number of nitrogens with one attached hydrogen (secondary N) is 1. The van der Waals surface area contributed by atoms with E-state index in [4.69, 9.17) is 4.74 Å². The van der Waals surface area contributed by atoms with Crippen molar-refractivity contribution in [2.45, 2.75) is 32.2 Å². The van der Waals surface area contributed by atoms with E-state index < -0.39 is 17.3 Å². The minimum Gasteiger partial charge on any atom is -0.369 e. The second kappa shape index (κ2) is 6.40. The molecule has 0 atom stereocenters. The van der Waals surface area contributed by atoms with Gasteiger partial charge in [0, 0.05) is 20.4 Å². The van der Waals surface area contributed by atoms with Crippen molar-refractivity contribution in [1.29, 1.82) is 0 Å². The van der Waals surface area contributed by atoms with Crippen LogP contribution in [0.15, 0.2) is 18.3 Å². The van der Waals surface area contributed by atoms with Gasteiger partial charge in [-0.05, 0) is 26.0 Å². The molecule has 1 rings (SSSR count). The van der Waals surface area contributed by atoms with Crippen molar-refractivity contribution in [3.8, 4) is 0 Å². The van der Waals surface area contributed by atoms with Gasteiger partial charge in [-0.25, -0.2) is 5.43 Å². The highest BCUT2D eigenvalue weighted by Gasteiger charge is 2.31. The predicted octanol–water partition coefficient (Wildman–Crippen LogP) is 1.99. The highest BCUT2D eigenvalue weighted by atomic mass is 19.4. The molecule has 1 amide bonds. The van der Waals surface area contributed by atoms with Gasteiger partial charge < -0.3 is 4.74 Å². The van der Waals surface area contributed by atoms with Gasteiger partial charge in [0.15, 0.2) is 0 Å². The molecule has 1 aromatic rings. The molecule has 0 radical (unpaired) electrons. The first-order valence-electron chi connectivity index (χ1n) is 6.17. The molecule has 0 spiro atoms. The van der Waals surface area contributed by atoms with Crippen LogP contribution in [0.4, 0.5) is 13.2 Å². The number of hydrogen-bond donors (Lipinski definition) is 1. The molecule has 5 nitrogen and oxygen atoms in total. The number of amides is 1. The lowest BCUT2D eigenvalue weighted by Gasteiger charge is -2.28. The zero-order chi connectivity index (χ0) is 16.3. The monoisotopic (exact) mass is 305 g/mol. The highest BCUT2D eigenvalue weighted by Crippen LogP contribution is 2.28. The first-order chi connectivity index (χ1) is 9.58. The molecule has 0 fully saturated rings. The lowest BCUT2D eigenvalue weighted by molar-refractivity contribution is -0.152. The maximum absolute atomic E-state index is 12.4. The minimum absolute atomic E-state index is 0.125. The molecular formula is C13H18F3N3O2. The lowest BCUT2D eigenvalue weighted by Crippen LogP contribution is -2.50. The molecule has 0 unspecified atom stereocenters. The van der Waals surface area contributed by atoms with E-state index in [9.17, 15) is 18.0 Å². The summed E-state index contributed by atoms with van der Waals surface area (Å²) in [6.07, 6.45) is -3.65. The van der Waals surface area contributed by atoms with Crippen molar-refractivity contribution >= 4 is 5.91 Å². The molecule has 0 saturated carbocycles. The Morgan fingerprint density at radius 1 is 1.38 bits per heavy atom. The molecule has 0 aliphatic heterocycles. The van der Waals surface area contributed by atoms with Crippen molar-refractivity contribution in [2.75, 3.05) is 14.2 Å². The normalized spacial score (nSPS) is 12.3. The van der Waals surface area contributed by atoms with Gasteiger partial charge >= 0.3 is 6.18 Å². The first kappa shape index (κ1) is 17.4. The Kier molecular flexibility index (Phi) is 5.30. The summed E-state index contributed by atoms with van der Waals surface area (Å²) in [6.45, 7) is 3.36. The smallest absolute Gasteiger partial charge is 0.369 e. The maximum Gasteiger partial charge on any atom is 0.417 e. The van der Waals surface area contributed by atoms with E-state index in [1.807, 2.05) is 0 Å². The van der Waals surface area contributed by atoms with Gasteiger partial charge in [0.1, 0.15) is 5.60 Å². The van der Waals surface area contributed by atoms with Crippen LogP contribution in [0, 0.1) is 0 Å². The summed E-state index contributed by atoms with van der Waals surface area (Å²) in [5, 5.41) is 1.23. The second-order valence-electron chi connectivity index (χ2n) is 4.95. The van der Waals surface area contributed by atoms with E-state index in [2.05, 4.69) is 10.4 Å². The maximum atomic E-state index is 12.4. The average molecular weight is 305 g/mol. The highest BCUT2D eigenvalue weighted by molar-refractivity contribution is 5.83. The number of ether oxygens (including phenoxy) is 1. The third-order valence-corrected chi connectivity index (χ3v) is 2.98. The molecule has 1 N–H and O–H groups in total. The van der Waals surface area contributed by atoms with E-state index in [-0.39, 0.29) is 12.5 Å². The number of likely N-dealkylation sites (N-methyl/N-ethyl adjacent to an activating group) is 1. The largest absolute Gasteiger partial charge is 0.417 e. The Bertz CT molecular complexity index is 486. The Morgan fingerprint density at radius 2 is 2.00 bits per heavy atom. The standard InChI is InChI=1S/C13H18F3N3O2/c1-12(2,21-4)11(20)19(3)18-8-10-6-5-9(7-17-10)13(14,15)16/h5-7,18H,8H2,1-4H3. The van der Waals surface area contributed by atoms with E-state index >= 15 is 0 Å². The number of pyridine rings is 1. The van der Waals surface area contributed by atoms with Gasteiger partial charge in [-0.1, -0.05) is 0 Å². The van der Waals surface area contributed by atoms with Crippen LogP contribution in [0.3, 0.4) is 0 Å². The summed E-state index contributed by atoms with van der Waals surface area (Å²) >= 11 is 0. The summed E-state index contributed by atoms with van der Waals surface area (Å²) in [4.78, 5) is 15.7. The Morgan fingerprint density at radius 3 is 2.43 bits per heavy atom. The first-order valence-corrected chi connectivity index (χ1v) is 6.17. The molecule has 118 valence electrons. The number of alkyl halides is 3. The number of aromatic nitrogens is 1. The molecule has 0 aliphatic rings. The molecule has 1 heterocycles. The summed E-state index contributed by atoms with van der Waals surface area (Å²) in [7, 11) is 2.93. The molecule has 0 aromatic carbocycles. The molecule has 0 saturated heterocycles. The number of carbonyl (C=O) groups excluding carboxylic acids is 1. The fourth-order valence-corrected chi connectivity index (χ4v) is 1.46. The van der Waals surface area contributed by atoms with Crippen LogP contribution in [0.5, 0.6) is 0 Å². The number of hydrazine groups is 1. The predicted molar refractivity (Wildman–Crippen MR) is 69.9 cm³/mol. The number of halogens is 3. The summed E-state index contributed by atoms with van der Waals surface area (Å²) < 4.78 is 42.2. The van der Waals surface area contributed by atoms with E-state index in [0.717, 1.165) is 12.3 Å². The Labute approximate surface area is 121 Å². The molecule has 8 heteroatoms. The van der Waals surface area contributed by atoms with Gasteiger partial charge in [0.05, 0.1) is 17.8 Å².